The highest BCUT2D eigenvalue weighted by molar-refractivity contribution is 5.98. The first-order valence-corrected chi connectivity index (χ1v) is 9.45. The third-order valence-electron chi connectivity index (χ3n) is 4.63. The lowest BCUT2D eigenvalue weighted by Crippen LogP contribution is -2.45. The first kappa shape index (κ1) is 21.6. The fourth-order valence-electron chi connectivity index (χ4n) is 3.07. The number of Topliss-reactive ketones (excluding diaryl/α,β-unsaturated/α-hetero) is 1. The van der Waals surface area contributed by atoms with Gasteiger partial charge in [-0.2, -0.15) is 0 Å². The lowest BCUT2D eigenvalue weighted by molar-refractivity contribution is -0.152. The van der Waals surface area contributed by atoms with Crippen molar-refractivity contribution in [1.29, 1.82) is 0 Å². The Morgan fingerprint density at radius 3 is 2.14 bits per heavy atom. The lowest BCUT2D eigenvalue weighted by atomic mass is 9.91. The molecule has 7 heteroatoms. The van der Waals surface area contributed by atoms with E-state index in [2.05, 4.69) is 5.32 Å². The number of ketones is 1. The van der Waals surface area contributed by atoms with Crippen molar-refractivity contribution >= 4 is 29.3 Å². The predicted octanol–water partition coefficient (Wildman–Crippen LogP) is 2.66. The van der Waals surface area contributed by atoms with Gasteiger partial charge in [-0.1, -0.05) is 20.8 Å². The summed E-state index contributed by atoms with van der Waals surface area (Å²) in [5.41, 5.74) is 0.569. The number of carbonyl (C=O) groups excluding carboxylic acids is 4. The van der Waals surface area contributed by atoms with Crippen molar-refractivity contribution < 1.29 is 23.9 Å². The number of anilines is 1. The number of ether oxygens (including phenoxy) is 1. The number of esters is 1. The molecule has 1 fully saturated rings. The molecule has 0 aliphatic carbocycles. The van der Waals surface area contributed by atoms with Gasteiger partial charge >= 0.3 is 5.97 Å². The van der Waals surface area contributed by atoms with Crippen molar-refractivity contribution in [3.63, 3.8) is 0 Å². The molecule has 2 amide bonds. The van der Waals surface area contributed by atoms with Gasteiger partial charge in [-0.3, -0.25) is 19.2 Å². The predicted molar refractivity (Wildman–Crippen MR) is 105 cm³/mol. The van der Waals surface area contributed by atoms with Crippen LogP contribution in [-0.4, -0.2) is 48.2 Å². The maximum absolute atomic E-state index is 12.3. The highest BCUT2D eigenvalue weighted by atomic mass is 16.5. The normalized spacial score (nSPS) is 15.1. The molecule has 1 aliphatic rings. The minimum absolute atomic E-state index is 0.0807. The van der Waals surface area contributed by atoms with Crippen LogP contribution in [0.4, 0.5) is 5.69 Å². The van der Waals surface area contributed by atoms with E-state index in [4.69, 9.17) is 4.74 Å². The van der Waals surface area contributed by atoms with Gasteiger partial charge < -0.3 is 15.0 Å². The van der Waals surface area contributed by atoms with E-state index >= 15 is 0 Å². The third kappa shape index (κ3) is 5.90. The molecule has 0 radical (unpaired) electrons. The number of nitrogens with zero attached hydrogens (tertiary/aromatic N) is 1. The summed E-state index contributed by atoms with van der Waals surface area (Å²) >= 11 is 0. The summed E-state index contributed by atoms with van der Waals surface area (Å²) in [5, 5.41) is 2.62. The van der Waals surface area contributed by atoms with Crippen molar-refractivity contribution in [2.24, 2.45) is 11.3 Å². The molecule has 1 N–H and O–H groups in total. The first-order chi connectivity index (χ1) is 13.1. The van der Waals surface area contributed by atoms with Crippen LogP contribution in [0, 0.1) is 11.3 Å². The molecule has 7 nitrogen and oxygen atoms in total. The number of hydrogen-bond donors (Lipinski definition) is 1. The number of likely N-dealkylation sites (tertiary alicyclic amines) is 1. The number of benzene rings is 1. The van der Waals surface area contributed by atoms with E-state index in [1.807, 2.05) is 20.8 Å². The summed E-state index contributed by atoms with van der Waals surface area (Å²) in [7, 11) is 0. The molecular weight excluding hydrogens is 360 g/mol. The standard InChI is InChI=1S/C21H28N2O5/c1-14(24)22-17-7-5-15(6-8-17)18(25)13-28-19(26)16-9-11-23(12-10-16)20(27)21(2,3)4/h5-8,16H,9-13H2,1-4H3,(H,22,24). The first-order valence-electron chi connectivity index (χ1n) is 9.45. The number of rotatable bonds is 5. The zero-order valence-corrected chi connectivity index (χ0v) is 16.9. The summed E-state index contributed by atoms with van der Waals surface area (Å²) < 4.78 is 5.19. The number of amides is 2. The minimum atomic E-state index is -0.435. The molecule has 2 rings (SSSR count). The maximum atomic E-state index is 12.3. The van der Waals surface area contributed by atoms with Crippen LogP contribution in [0.5, 0.6) is 0 Å². The molecule has 1 heterocycles. The van der Waals surface area contributed by atoms with E-state index in [1.54, 1.807) is 29.2 Å². The molecule has 28 heavy (non-hydrogen) atoms. The lowest BCUT2D eigenvalue weighted by Gasteiger charge is -2.34. The van der Waals surface area contributed by atoms with Crippen molar-refractivity contribution in [3.05, 3.63) is 29.8 Å². The van der Waals surface area contributed by atoms with Crippen molar-refractivity contribution in [3.8, 4) is 0 Å². The monoisotopic (exact) mass is 388 g/mol. The second kappa shape index (κ2) is 8.99. The number of carbonyl (C=O) groups is 4. The van der Waals surface area contributed by atoms with Crippen LogP contribution >= 0.6 is 0 Å². The summed E-state index contributed by atoms with van der Waals surface area (Å²) in [6, 6.07) is 6.41. The number of hydrogen-bond acceptors (Lipinski definition) is 5. The largest absolute Gasteiger partial charge is 0.457 e. The minimum Gasteiger partial charge on any atom is -0.457 e. The van der Waals surface area contributed by atoms with Crippen molar-refractivity contribution in [2.45, 2.75) is 40.5 Å². The van der Waals surface area contributed by atoms with Crippen molar-refractivity contribution in [2.75, 3.05) is 25.0 Å². The van der Waals surface area contributed by atoms with Gasteiger partial charge in [-0.25, -0.2) is 0 Å². The van der Waals surface area contributed by atoms with E-state index < -0.39 is 11.4 Å². The second-order valence-electron chi connectivity index (χ2n) is 8.11. The molecule has 152 valence electrons. The Labute approximate surface area is 165 Å². The molecule has 0 atom stereocenters. The van der Waals surface area contributed by atoms with Crippen molar-refractivity contribution in [1.82, 2.24) is 4.90 Å². The Balaban J connectivity index is 1.80. The summed E-state index contributed by atoms with van der Waals surface area (Å²) in [5.74, 6) is -1.10. The van der Waals surface area contributed by atoms with Crippen LogP contribution in [0.25, 0.3) is 0 Å². The van der Waals surface area contributed by atoms with E-state index in [9.17, 15) is 19.2 Å². The van der Waals surface area contributed by atoms with Crippen LogP contribution in [0.1, 0.15) is 50.9 Å². The van der Waals surface area contributed by atoms with Gasteiger partial charge in [-0.05, 0) is 37.1 Å². The van der Waals surface area contributed by atoms with Gasteiger partial charge in [0.1, 0.15) is 0 Å². The molecule has 0 aromatic heterocycles. The molecule has 1 aliphatic heterocycles. The highest BCUT2D eigenvalue weighted by Gasteiger charge is 2.33. The zero-order chi connectivity index (χ0) is 20.9. The zero-order valence-electron chi connectivity index (χ0n) is 16.9. The molecule has 1 aromatic carbocycles. The number of nitrogens with one attached hydrogen (secondary N) is 1. The second-order valence-corrected chi connectivity index (χ2v) is 8.11. The van der Waals surface area contributed by atoms with Gasteiger partial charge in [0.25, 0.3) is 0 Å². The summed E-state index contributed by atoms with van der Waals surface area (Å²) in [6.45, 7) is 7.77. The topological polar surface area (TPSA) is 92.8 Å². The Morgan fingerprint density at radius 2 is 1.64 bits per heavy atom. The molecule has 0 unspecified atom stereocenters. The molecule has 1 saturated heterocycles. The van der Waals surface area contributed by atoms with Crippen LogP contribution in [0.15, 0.2) is 24.3 Å². The van der Waals surface area contributed by atoms with Gasteiger partial charge in [-0.15, -0.1) is 0 Å². The molecular formula is C21H28N2O5. The van der Waals surface area contributed by atoms with Gasteiger partial charge in [0.05, 0.1) is 5.92 Å². The van der Waals surface area contributed by atoms with Gasteiger partial charge in [0, 0.05) is 36.7 Å². The fourth-order valence-corrected chi connectivity index (χ4v) is 3.07. The van der Waals surface area contributed by atoms with E-state index in [-0.39, 0.29) is 30.1 Å². The van der Waals surface area contributed by atoms with E-state index in [1.165, 1.54) is 6.92 Å². The number of piperidine rings is 1. The quantitative estimate of drug-likeness (QED) is 0.618. The van der Waals surface area contributed by atoms with Gasteiger partial charge in [0.2, 0.25) is 11.8 Å². The van der Waals surface area contributed by atoms with Crippen LogP contribution in [-0.2, 0) is 19.1 Å². The van der Waals surface area contributed by atoms with Crippen LogP contribution in [0.3, 0.4) is 0 Å². The Morgan fingerprint density at radius 1 is 1.07 bits per heavy atom. The third-order valence-corrected chi connectivity index (χ3v) is 4.63. The Hall–Kier alpha value is -2.70. The van der Waals surface area contributed by atoms with Gasteiger partial charge in [0.15, 0.2) is 12.4 Å². The molecule has 0 bridgehead atoms. The van der Waals surface area contributed by atoms with E-state index in [0.717, 1.165) is 0 Å². The van der Waals surface area contributed by atoms with Crippen LogP contribution < -0.4 is 5.32 Å². The SMILES string of the molecule is CC(=O)Nc1ccc(C(=O)COC(=O)C2CCN(C(=O)C(C)(C)C)CC2)cc1. The molecule has 0 spiro atoms. The molecule has 0 saturated carbocycles. The average Bonchev–Trinajstić information content (AvgIpc) is 2.64. The summed E-state index contributed by atoms with van der Waals surface area (Å²) in [4.78, 5) is 49.5. The smallest absolute Gasteiger partial charge is 0.309 e. The Kier molecular flexibility index (Phi) is 6.94. The van der Waals surface area contributed by atoms with E-state index in [0.29, 0.717) is 37.2 Å². The average molecular weight is 388 g/mol. The fraction of sp³-hybridized carbons (Fsp3) is 0.524. The highest BCUT2D eigenvalue weighted by Crippen LogP contribution is 2.24. The molecule has 1 aromatic rings. The van der Waals surface area contributed by atoms with Crippen LogP contribution in [0.2, 0.25) is 0 Å². The summed E-state index contributed by atoms with van der Waals surface area (Å²) in [6.07, 6.45) is 1.08. The maximum Gasteiger partial charge on any atom is 0.309 e. The Bertz CT molecular complexity index is 741.